The van der Waals surface area contributed by atoms with Gasteiger partial charge in [-0.15, -0.1) is 0 Å². The fraction of sp³-hybridized carbons (Fsp3) is 0.667. The molecule has 15 heavy (non-hydrogen) atoms. The molecule has 0 aromatic carbocycles. The van der Waals surface area contributed by atoms with Gasteiger partial charge in [-0.05, 0) is 38.2 Å². The first-order chi connectivity index (χ1) is 7.05. The molecular formula is C12H16O3. The zero-order valence-electron chi connectivity index (χ0n) is 8.95. The molecule has 0 bridgehead atoms. The Morgan fingerprint density at radius 3 is 3.00 bits per heavy atom. The smallest absolute Gasteiger partial charge is 0.310 e. The minimum Gasteiger partial charge on any atom is -0.481 e. The highest BCUT2D eigenvalue weighted by Gasteiger charge is 2.47. The molecule has 0 amide bonds. The van der Waals surface area contributed by atoms with Crippen LogP contribution in [0.4, 0.5) is 0 Å². The first-order valence-electron chi connectivity index (χ1n) is 5.52. The van der Waals surface area contributed by atoms with Crippen molar-refractivity contribution in [3.8, 4) is 0 Å². The maximum absolute atomic E-state index is 12.0. The average Bonchev–Trinajstić information content (AvgIpc) is 2.45. The van der Waals surface area contributed by atoms with Crippen LogP contribution in [-0.4, -0.2) is 16.9 Å². The van der Waals surface area contributed by atoms with Gasteiger partial charge in [0.25, 0.3) is 0 Å². The molecule has 0 unspecified atom stereocenters. The molecule has 2 aliphatic rings. The first-order valence-corrected chi connectivity index (χ1v) is 5.52. The molecule has 0 aliphatic heterocycles. The third-order valence-electron chi connectivity index (χ3n) is 3.83. The van der Waals surface area contributed by atoms with E-state index < -0.39 is 17.3 Å². The molecule has 0 heterocycles. The quantitative estimate of drug-likeness (QED) is 0.672. The van der Waals surface area contributed by atoms with E-state index in [4.69, 9.17) is 5.11 Å². The van der Waals surface area contributed by atoms with Gasteiger partial charge in [0.05, 0.1) is 5.92 Å². The van der Waals surface area contributed by atoms with Crippen LogP contribution in [0.3, 0.4) is 0 Å². The predicted molar refractivity (Wildman–Crippen MR) is 55.4 cm³/mol. The van der Waals surface area contributed by atoms with E-state index in [1.54, 1.807) is 0 Å². The van der Waals surface area contributed by atoms with Crippen molar-refractivity contribution in [3.05, 3.63) is 11.6 Å². The Hall–Kier alpha value is -1.12. The third kappa shape index (κ3) is 1.50. The molecular weight excluding hydrogens is 192 g/mol. The van der Waals surface area contributed by atoms with Gasteiger partial charge < -0.3 is 5.11 Å². The molecule has 1 N–H and O–H groups in total. The zero-order valence-corrected chi connectivity index (χ0v) is 8.95. The van der Waals surface area contributed by atoms with Crippen molar-refractivity contribution in [3.63, 3.8) is 0 Å². The summed E-state index contributed by atoms with van der Waals surface area (Å²) in [5, 5.41) is 9.09. The standard InChI is InChI=1S/C12H16O3/c1-12-7-6-8(11(14)15)9(12)4-2-3-5-10(12)13/h4,8H,2-3,5-7H2,1H3,(H,14,15)/t8-,12-/m1/s1. The number of fused-ring (bicyclic) bond motifs is 1. The van der Waals surface area contributed by atoms with Crippen molar-refractivity contribution < 1.29 is 14.7 Å². The second kappa shape index (κ2) is 3.47. The minimum absolute atomic E-state index is 0.231. The van der Waals surface area contributed by atoms with E-state index in [1.165, 1.54) is 0 Å². The highest BCUT2D eigenvalue weighted by atomic mass is 16.4. The van der Waals surface area contributed by atoms with E-state index in [2.05, 4.69) is 0 Å². The van der Waals surface area contributed by atoms with E-state index >= 15 is 0 Å². The Bertz CT molecular complexity index is 343. The lowest BCUT2D eigenvalue weighted by molar-refractivity contribution is -0.140. The topological polar surface area (TPSA) is 54.4 Å². The third-order valence-corrected chi connectivity index (χ3v) is 3.83. The van der Waals surface area contributed by atoms with Crippen LogP contribution in [0.2, 0.25) is 0 Å². The van der Waals surface area contributed by atoms with Gasteiger partial charge in [0.15, 0.2) is 0 Å². The number of carboxylic acid groups (broad SMARTS) is 1. The van der Waals surface area contributed by atoms with E-state index in [1.807, 2.05) is 13.0 Å². The number of hydrogen-bond acceptors (Lipinski definition) is 2. The molecule has 2 atom stereocenters. The highest BCUT2D eigenvalue weighted by Crippen LogP contribution is 2.49. The van der Waals surface area contributed by atoms with Crippen molar-refractivity contribution in [2.24, 2.45) is 11.3 Å². The Morgan fingerprint density at radius 2 is 2.33 bits per heavy atom. The molecule has 0 saturated heterocycles. The average molecular weight is 208 g/mol. The van der Waals surface area contributed by atoms with Crippen LogP contribution in [0.1, 0.15) is 39.0 Å². The summed E-state index contributed by atoms with van der Waals surface area (Å²) < 4.78 is 0. The van der Waals surface area contributed by atoms with Crippen LogP contribution in [0.15, 0.2) is 11.6 Å². The number of carboxylic acids is 1. The molecule has 1 saturated carbocycles. The van der Waals surface area contributed by atoms with Crippen LogP contribution < -0.4 is 0 Å². The summed E-state index contributed by atoms with van der Waals surface area (Å²) >= 11 is 0. The second-order valence-electron chi connectivity index (χ2n) is 4.74. The lowest BCUT2D eigenvalue weighted by Crippen LogP contribution is -2.27. The maximum Gasteiger partial charge on any atom is 0.310 e. The maximum atomic E-state index is 12.0. The monoisotopic (exact) mass is 208 g/mol. The van der Waals surface area contributed by atoms with Gasteiger partial charge in [0, 0.05) is 11.8 Å². The van der Waals surface area contributed by atoms with Gasteiger partial charge in [-0.1, -0.05) is 6.08 Å². The van der Waals surface area contributed by atoms with Crippen LogP contribution in [0, 0.1) is 11.3 Å². The van der Waals surface area contributed by atoms with Crippen molar-refractivity contribution in [1.29, 1.82) is 0 Å². The van der Waals surface area contributed by atoms with Crippen LogP contribution in [0.5, 0.6) is 0 Å². The van der Waals surface area contributed by atoms with Crippen molar-refractivity contribution in [2.75, 3.05) is 0 Å². The molecule has 3 heteroatoms. The van der Waals surface area contributed by atoms with Crippen molar-refractivity contribution in [1.82, 2.24) is 0 Å². The number of carbonyl (C=O) groups excluding carboxylic acids is 1. The van der Waals surface area contributed by atoms with Crippen LogP contribution in [0.25, 0.3) is 0 Å². The van der Waals surface area contributed by atoms with Gasteiger partial charge in [0.2, 0.25) is 0 Å². The summed E-state index contributed by atoms with van der Waals surface area (Å²) in [6.45, 7) is 1.91. The second-order valence-corrected chi connectivity index (χ2v) is 4.74. The molecule has 0 aromatic rings. The molecule has 0 spiro atoms. The SMILES string of the molecule is C[C@@]12CC[C@@H](C(=O)O)C1=CCCCC2=O. The summed E-state index contributed by atoms with van der Waals surface area (Å²) in [5.41, 5.74) is 0.400. The number of Topliss-reactive ketones (excluding diaryl/α,β-unsaturated/α-hetero) is 1. The summed E-state index contributed by atoms with van der Waals surface area (Å²) in [6.07, 6.45) is 5.63. The Labute approximate surface area is 89.2 Å². The molecule has 3 nitrogen and oxygen atoms in total. The van der Waals surface area contributed by atoms with Gasteiger partial charge in [-0.3, -0.25) is 9.59 Å². The Balaban J connectivity index is 2.39. The lowest BCUT2D eigenvalue weighted by Gasteiger charge is -2.23. The summed E-state index contributed by atoms with van der Waals surface area (Å²) in [7, 11) is 0. The van der Waals surface area contributed by atoms with Crippen molar-refractivity contribution in [2.45, 2.75) is 39.0 Å². The van der Waals surface area contributed by atoms with E-state index in [-0.39, 0.29) is 5.78 Å². The molecule has 1 fully saturated rings. The molecule has 0 radical (unpaired) electrons. The molecule has 82 valence electrons. The van der Waals surface area contributed by atoms with E-state index in [0.29, 0.717) is 19.3 Å². The molecule has 2 aliphatic carbocycles. The van der Waals surface area contributed by atoms with Gasteiger partial charge in [-0.2, -0.15) is 0 Å². The Kier molecular flexibility index (Phi) is 2.41. The zero-order chi connectivity index (χ0) is 11.1. The first kappa shape index (κ1) is 10.4. The summed E-state index contributed by atoms with van der Waals surface area (Å²) in [6, 6.07) is 0. The minimum atomic E-state index is -0.778. The Morgan fingerprint density at radius 1 is 1.60 bits per heavy atom. The van der Waals surface area contributed by atoms with E-state index in [0.717, 1.165) is 18.4 Å². The highest BCUT2D eigenvalue weighted by molar-refractivity contribution is 5.91. The normalized spacial score (nSPS) is 35.7. The summed E-state index contributed by atoms with van der Waals surface area (Å²) in [5.74, 6) is -0.966. The predicted octanol–water partition coefficient (Wildman–Crippen LogP) is 2.17. The summed E-state index contributed by atoms with van der Waals surface area (Å²) in [4.78, 5) is 23.0. The van der Waals surface area contributed by atoms with Gasteiger partial charge in [0.1, 0.15) is 5.78 Å². The van der Waals surface area contributed by atoms with Gasteiger partial charge >= 0.3 is 5.97 Å². The number of aliphatic carboxylic acids is 1. The molecule has 0 aromatic heterocycles. The fourth-order valence-electron chi connectivity index (χ4n) is 2.84. The number of rotatable bonds is 1. The van der Waals surface area contributed by atoms with E-state index in [9.17, 15) is 9.59 Å². The fourth-order valence-corrected chi connectivity index (χ4v) is 2.84. The molecule has 2 rings (SSSR count). The number of ketones is 1. The number of allylic oxidation sites excluding steroid dienone is 1. The largest absolute Gasteiger partial charge is 0.481 e. The van der Waals surface area contributed by atoms with Crippen LogP contribution in [-0.2, 0) is 9.59 Å². The number of hydrogen-bond donors (Lipinski definition) is 1. The van der Waals surface area contributed by atoms with Crippen LogP contribution >= 0.6 is 0 Å². The lowest BCUT2D eigenvalue weighted by atomic mass is 9.78. The number of carbonyl (C=O) groups is 2. The van der Waals surface area contributed by atoms with Gasteiger partial charge in [-0.25, -0.2) is 0 Å². The van der Waals surface area contributed by atoms with Crippen molar-refractivity contribution >= 4 is 11.8 Å².